The van der Waals surface area contributed by atoms with Crippen LogP contribution in [0.2, 0.25) is 0 Å². The van der Waals surface area contributed by atoms with Crippen molar-refractivity contribution in [2.45, 2.75) is 46.4 Å². The average molecular weight is 176 g/mol. The second-order valence-electron chi connectivity index (χ2n) is 3.40. The number of ether oxygens (including phenoxy) is 1. The molecule has 1 unspecified atom stereocenters. The molecule has 0 radical (unpaired) electrons. The summed E-state index contributed by atoms with van der Waals surface area (Å²) in [6.07, 6.45) is -0.903. The van der Waals surface area contributed by atoms with Gasteiger partial charge in [-0.3, -0.25) is 4.79 Å². The van der Waals surface area contributed by atoms with Crippen LogP contribution in [0.5, 0.6) is 0 Å². The van der Waals surface area contributed by atoms with Crippen LogP contribution in [0.1, 0.15) is 34.1 Å². The first-order valence-electron chi connectivity index (χ1n) is 4.27. The normalized spacial score (nSPS) is 15.8. The largest absolute Gasteiger partial charge is 0.463 e. The number of carbonyl (C=O) groups is 1. The standard InChI is InChI=1S/C9H17FO2/c1-6(2)12-9(11)5-7(3)8(4)10/h6-8H,5H2,1-4H3/t7-,8?/m0/s1. The van der Waals surface area contributed by atoms with Gasteiger partial charge in [-0.05, 0) is 26.7 Å². The molecule has 0 saturated heterocycles. The topological polar surface area (TPSA) is 26.3 Å². The molecule has 0 aliphatic carbocycles. The molecule has 0 aromatic carbocycles. The van der Waals surface area contributed by atoms with E-state index in [0.717, 1.165) is 0 Å². The second kappa shape index (κ2) is 5.12. The van der Waals surface area contributed by atoms with Gasteiger partial charge in [0, 0.05) is 0 Å². The van der Waals surface area contributed by atoms with Crippen molar-refractivity contribution in [3.05, 3.63) is 0 Å². The van der Waals surface area contributed by atoms with E-state index in [1.807, 2.05) is 0 Å². The lowest BCUT2D eigenvalue weighted by atomic mass is 10.0. The third-order valence-corrected chi connectivity index (χ3v) is 1.64. The molecule has 0 fully saturated rings. The van der Waals surface area contributed by atoms with Crippen LogP contribution in [0.4, 0.5) is 4.39 Å². The summed E-state index contributed by atoms with van der Waals surface area (Å²) in [7, 11) is 0. The number of alkyl halides is 1. The van der Waals surface area contributed by atoms with Crippen LogP contribution in [-0.4, -0.2) is 18.2 Å². The van der Waals surface area contributed by atoms with Crippen molar-refractivity contribution in [3.63, 3.8) is 0 Å². The first kappa shape index (κ1) is 11.4. The first-order chi connectivity index (χ1) is 5.43. The van der Waals surface area contributed by atoms with Gasteiger partial charge in [0.05, 0.1) is 12.5 Å². The summed E-state index contributed by atoms with van der Waals surface area (Å²) < 4.78 is 17.5. The average Bonchev–Trinajstić information content (AvgIpc) is 1.84. The lowest BCUT2D eigenvalue weighted by molar-refractivity contribution is -0.148. The predicted molar refractivity (Wildman–Crippen MR) is 45.6 cm³/mol. The number of carbonyl (C=O) groups excluding carboxylic acids is 1. The molecule has 0 aliphatic heterocycles. The maximum absolute atomic E-state index is 12.6. The molecule has 0 N–H and O–H groups in total. The van der Waals surface area contributed by atoms with Gasteiger partial charge in [0.25, 0.3) is 0 Å². The fourth-order valence-electron chi connectivity index (χ4n) is 0.736. The number of hydrogen-bond donors (Lipinski definition) is 0. The molecule has 12 heavy (non-hydrogen) atoms. The minimum atomic E-state index is -0.954. The van der Waals surface area contributed by atoms with Crippen molar-refractivity contribution >= 4 is 5.97 Å². The molecule has 0 spiro atoms. The number of halogens is 1. The van der Waals surface area contributed by atoms with Crippen molar-refractivity contribution in [2.75, 3.05) is 0 Å². The monoisotopic (exact) mass is 176 g/mol. The van der Waals surface area contributed by atoms with Crippen molar-refractivity contribution in [1.29, 1.82) is 0 Å². The van der Waals surface area contributed by atoms with Crippen LogP contribution in [0, 0.1) is 5.92 Å². The highest BCUT2D eigenvalue weighted by Gasteiger charge is 2.16. The van der Waals surface area contributed by atoms with Gasteiger partial charge in [-0.2, -0.15) is 0 Å². The quantitative estimate of drug-likeness (QED) is 0.614. The van der Waals surface area contributed by atoms with Crippen molar-refractivity contribution < 1.29 is 13.9 Å². The molecule has 0 heterocycles. The third-order valence-electron chi connectivity index (χ3n) is 1.64. The van der Waals surface area contributed by atoms with Gasteiger partial charge in [-0.15, -0.1) is 0 Å². The van der Waals surface area contributed by atoms with Gasteiger partial charge in [0.1, 0.15) is 6.17 Å². The van der Waals surface area contributed by atoms with Crippen LogP contribution in [0.3, 0.4) is 0 Å². The number of esters is 1. The number of hydrogen-bond acceptors (Lipinski definition) is 2. The van der Waals surface area contributed by atoms with E-state index in [2.05, 4.69) is 0 Å². The first-order valence-corrected chi connectivity index (χ1v) is 4.27. The van der Waals surface area contributed by atoms with E-state index in [-0.39, 0.29) is 24.4 Å². The van der Waals surface area contributed by atoms with E-state index in [1.165, 1.54) is 6.92 Å². The molecule has 2 nitrogen and oxygen atoms in total. The highest BCUT2D eigenvalue weighted by atomic mass is 19.1. The fraction of sp³-hybridized carbons (Fsp3) is 0.889. The van der Waals surface area contributed by atoms with Crippen LogP contribution in [0.15, 0.2) is 0 Å². The molecule has 0 aromatic rings. The van der Waals surface area contributed by atoms with Crippen molar-refractivity contribution in [2.24, 2.45) is 5.92 Å². The Labute approximate surface area is 73.1 Å². The predicted octanol–water partition coefficient (Wildman–Crippen LogP) is 2.32. The maximum atomic E-state index is 12.6. The summed E-state index contributed by atoms with van der Waals surface area (Å²) in [5.74, 6) is -0.571. The second-order valence-corrected chi connectivity index (χ2v) is 3.40. The molecule has 72 valence electrons. The summed E-state index contributed by atoms with van der Waals surface area (Å²) in [6, 6.07) is 0. The Kier molecular flexibility index (Phi) is 4.86. The maximum Gasteiger partial charge on any atom is 0.306 e. The Hall–Kier alpha value is -0.600. The molecule has 0 aromatic heterocycles. The minimum Gasteiger partial charge on any atom is -0.463 e. The highest BCUT2D eigenvalue weighted by molar-refractivity contribution is 5.69. The zero-order chi connectivity index (χ0) is 9.72. The van der Waals surface area contributed by atoms with E-state index < -0.39 is 6.17 Å². The Bertz CT molecular complexity index is 143. The molecule has 2 atom stereocenters. The molecular weight excluding hydrogens is 159 g/mol. The Morgan fingerprint density at radius 1 is 1.33 bits per heavy atom. The summed E-state index contributed by atoms with van der Waals surface area (Å²) in [5, 5.41) is 0. The van der Waals surface area contributed by atoms with E-state index in [0.29, 0.717) is 0 Å². The summed E-state index contributed by atoms with van der Waals surface area (Å²) >= 11 is 0. The smallest absolute Gasteiger partial charge is 0.306 e. The molecule has 0 amide bonds. The van der Waals surface area contributed by atoms with Crippen molar-refractivity contribution in [3.8, 4) is 0 Å². The Balaban J connectivity index is 3.69. The fourth-order valence-corrected chi connectivity index (χ4v) is 0.736. The zero-order valence-corrected chi connectivity index (χ0v) is 8.13. The third kappa shape index (κ3) is 5.10. The Morgan fingerprint density at radius 2 is 1.83 bits per heavy atom. The summed E-state index contributed by atoms with van der Waals surface area (Å²) in [4.78, 5) is 11.0. The van der Waals surface area contributed by atoms with E-state index >= 15 is 0 Å². The molecule has 0 aliphatic rings. The minimum absolute atomic E-state index is 0.111. The molecule has 0 saturated carbocycles. The summed E-state index contributed by atoms with van der Waals surface area (Å²) in [6.45, 7) is 6.71. The van der Waals surface area contributed by atoms with Crippen LogP contribution < -0.4 is 0 Å². The van der Waals surface area contributed by atoms with Gasteiger partial charge in [-0.1, -0.05) is 6.92 Å². The van der Waals surface area contributed by atoms with E-state index in [9.17, 15) is 9.18 Å². The van der Waals surface area contributed by atoms with Gasteiger partial charge < -0.3 is 4.74 Å². The van der Waals surface area contributed by atoms with Crippen LogP contribution >= 0.6 is 0 Å². The Morgan fingerprint density at radius 3 is 2.17 bits per heavy atom. The van der Waals surface area contributed by atoms with Crippen molar-refractivity contribution in [1.82, 2.24) is 0 Å². The number of rotatable bonds is 4. The van der Waals surface area contributed by atoms with Crippen LogP contribution in [0.25, 0.3) is 0 Å². The lowest BCUT2D eigenvalue weighted by Crippen LogP contribution is -2.18. The van der Waals surface area contributed by atoms with Gasteiger partial charge in [0.2, 0.25) is 0 Å². The van der Waals surface area contributed by atoms with Crippen LogP contribution in [-0.2, 0) is 9.53 Å². The van der Waals surface area contributed by atoms with Gasteiger partial charge >= 0.3 is 5.97 Å². The van der Waals surface area contributed by atoms with Gasteiger partial charge in [-0.25, -0.2) is 4.39 Å². The summed E-state index contributed by atoms with van der Waals surface area (Å²) in [5.41, 5.74) is 0. The van der Waals surface area contributed by atoms with E-state index in [1.54, 1.807) is 20.8 Å². The highest BCUT2D eigenvalue weighted by Crippen LogP contribution is 2.12. The molecule has 0 bridgehead atoms. The molecule has 3 heteroatoms. The lowest BCUT2D eigenvalue weighted by Gasteiger charge is -2.13. The molecular formula is C9H17FO2. The van der Waals surface area contributed by atoms with Gasteiger partial charge in [0.15, 0.2) is 0 Å². The zero-order valence-electron chi connectivity index (χ0n) is 8.13. The molecule has 0 rings (SSSR count). The SMILES string of the molecule is CC(C)OC(=O)C[C@H](C)C(C)F. The van der Waals surface area contributed by atoms with E-state index in [4.69, 9.17) is 4.74 Å².